The van der Waals surface area contributed by atoms with Crippen LogP contribution in [0.2, 0.25) is 0 Å². The molecular formula is C25H27N5O. The average Bonchev–Trinajstić information content (AvgIpc) is 3.23. The summed E-state index contributed by atoms with van der Waals surface area (Å²) in [7, 11) is 0. The van der Waals surface area contributed by atoms with Gasteiger partial charge in [0.15, 0.2) is 0 Å². The molecule has 4 aromatic rings. The normalized spacial score (nSPS) is 11.1. The maximum atomic E-state index is 12.9. The van der Waals surface area contributed by atoms with Crippen LogP contribution < -0.4 is 10.6 Å². The summed E-state index contributed by atoms with van der Waals surface area (Å²) in [6.45, 7) is 6.91. The number of benzene rings is 2. The molecule has 4 rings (SSSR count). The van der Waals surface area contributed by atoms with Gasteiger partial charge in [-0.3, -0.25) is 14.5 Å². The van der Waals surface area contributed by atoms with E-state index in [1.807, 2.05) is 67.2 Å². The molecule has 1 amide bonds. The first-order valence-electron chi connectivity index (χ1n) is 10.6. The van der Waals surface area contributed by atoms with Crippen LogP contribution in [-0.2, 0) is 6.54 Å². The molecule has 0 radical (unpaired) electrons. The number of aromatic nitrogens is 3. The summed E-state index contributed by atoms with van der Waals surface area (Å²) in [5.74, 6) is -0.149. The molecule has 0 aliphatic rings. The highest BCUT2D eigenvalue weighted by Crippen LogP contribution is 2.32. The van der Waals surface area contributed by atoms with E-state index in [9.17, 15) is 4.79 Å². The van der Waals surface area contributed by atoms with Gasteiger partial charge in [0.05, 0.1) is 23.0 Å². The molecule has 0 saturated heterocycles. The van der Waals surface area contributed by atoms with E-state index in [4.69, 9.17) is 0 Å². The lowest BCUT2D eigenvalue weighted by molar-refractivity contribution is 0.0944. The number of carbonyl (C=O) groups excluding carboxylic acids is 1. The standard InChI is InChI=1S/C25H27N5O/c1-4-12-30-16-19(14-27-30)18-10-11-23-21(13-18)24(29-20-8-6-5-7-9-20)22(15-26-23)25(31)28-17(2)3/h5-11,13-17H,4,12H2,1-3H3,(H,26,29)(H,28,31). The Bertz CT molecular complexity index is 1200. The van der Waals surface area contributed by atoms with Crippen molar-refractivity contribution >= 4 is 28.2 Å². The van der Waals surface area contributed by atoms with Gasteiger partial charge in [-0.1, -0.05) is 31.2 Å². The van der Waals surface area contributed by atoms with Crippen LogP contribution in [0, 0.1) is 0 Å². The van der Waals surface area contributed by atoms with Crippen LogP contribution in [0.4, 0.5) is 11.4 Å². The first kappa shape index (κ1) is 20.6. The highest BCUT2D eigenvalue weighted by molar-refractivity contribution is 6.08. The molecule has 2 aromatic heterocycles. The van der Waals surface area contributed by atoms with E-state index in [1.165, 1.54) is 0 Å². The van der Waals surface area contributed by atoms with Gasteiger partial charge in [-0.25, -0.2) is 0 Å². The number of nitrogens with one attached hydrogen (secondary N) is 2. The number of fused-ring (bicyclic) bond motifs is 1. The third-order valence-electron chi connectivity index (χ3n) is 4.99. The van der Waals surface area contributed by atoms with Gasteiger partial charge in [-0.15, -0.1) is 0 Å². The van der Waals surface area contributed by atoms with Crippen LogP contribution in [0.5, 0.6) is 0 Å². The van der Waals surface area contributed by atoms with Crippen molar-refractivity contribution in [2.45, 2.75) is 39.8 Å². The van der Waals surface area contributed by atoms with Crippen molar-refractivity contribution < 1.29 is 4.79 Å². The Balaban J connectivity index is 1.84. The number of anilines is 2. The molecule has 31 heavy (non-hydrogen) atoms. The van der Waals surface area contributed by atoms with Gasteiger partial charge < -0.3 is 10.6 Å². The molecule has 2 N–H and O–H groups in total. The number of aryl methyl sites for hydroxylation is 1. The topological polar surface area (TPSA) is 71.8 Å². The van der Waals surface area contributed by atoms with Crippen molar-refractivity contribution in [2.24, 2.45) is 0 Å². The molecule has 2 aromatic carbocycles. The first-order valence-corrected chi connectivity index (χ1v) is 10.6. The molecule has 0 bridgehead atoms. The summed E-state index contributed by atoms with van der Waals surface area (Å²) < 4.78 is 1.95. The minimum atomic E-state index is -0.149. The fraction of sp³-hybridized carbons (Fsp3) is 0.240. The molecule has 0 aliphatic heterocycles. The lowest BCUT2D eigenvalue weighted by Gasteiger charge is -2.16. The second kappa shape index (κ2) is 9.00. The lowest BCUT2D eigenvalue weighted by Crippen LogP contribution is -2.30. The SMILES string of the molecule is CCCn1cc(-c2ccc3ncc(C(=O)NC(C)C)c(Nc4ccccc4)c3c2)cn1. The average molecular weight is 414 g/mol. The maximum Gasteiger partial charge on any atom is 0.255 e. The highest BCUT2D eigenvalue weighted by Gasteiger charge is 2.17. The summed E-state index contributed by atoms with van der Waals surface area (Å²) in [4.78, 5) is 17.5. The number of nitrogens with zero attached hydrogens (tertiary/aromatic N) is 3. The Kier molecular flexibility index (Phi) is 5.98. The molecule has 0 saturated carbocycles. The van der Waals surface area contributed by atoms with Crippen molar-refractivity contribution in [1.29, 1.82) is 0 Å². The van der Waals surface area contributed by atoms with Crippen molar-refractivity contribution in [1.82, 2.24) is 20.1 Å². The molecular weight excluding hydrogens is 386 g/mol. The molecule has 0 fully saturated rings. The van der Waals surface area contributed by atoms with Crippen molar-refractivity contribution in [2.75, 3.05) is 5.32 Å². The molecule has 6 heteroatoms. The van der Waals surface area contributed by atoms with Crippen LogP contribution in [0.3, 0.4) is 0 Å². The molecule has 2 heterocycles. The van der Waals surface area contributed by atoms with Crippen molar-refractivity contribution in [3.63, 3.8) is 0 Å². The monoisotopic (exact) mass is 413 g/mol. The van der Waals surface area contributed by atoms with E-state index in [0.717, 1.165) is 46.4 Å². The van der Waals surface area contributed by atoms with Crippen LogP contribution in [0.1, 0.15) is 37.6 Å². The van der Waals surface area contributed by atoms with Crippen LogP contribution in [-0.4, -0.2) is 26.7 Å². The summed E-state index contributed by atoms with van der Waals surface area (Å²) in [6.07, 6.45) is 6.61. The molecule has 0 atom stereocenters. The van der Waals surface area contributed by atoms with Gasteiger partial charge >= 0.3 is 0 Å². The minimum absolute atomic E-state index is 0.0310. The van der Waals surface area contributed by atoms with Crippen LogP contribution in [0.15, 0.2) is 67.1 Å². The molecule has 0 aliphatic carbocycles. The Morgan fingerprint density at radius 1 is 1.06 bits per heavy atom. The number of hydrogen-bond acceptors (Lipinski definition) is 4. The third-order valence-corrected chi connectivity index (χ3v) is 4.99. The van der Waals surface area contributed by atoms with E-state index < -0.39 is 0 Å². The molecule has 6 nitrogen and oxygen atoms in total. The van der Waals surface area contributed by atoms with Crippen molar-refractivity contribution in [3.8, 4) is 11.1 Å². The van der Waals surface area contributed by atoms with Gasteiger partial charge in [0.2, 0.25) is 0 Å². The van der Waals surface area contributed by atoms with Gasteiger partial charge in [0, 0.05) is 41.6 Å². The Hall–Kier alpha value is -3.67. The number of pyridine rings is 1. The summed E-state index contributed by atoms with van der Waals surface area (Å²) in [5.41, 5.74) is 5.08. The van der Waals surface area contributed by atoms with Gasteiger partial charge in [-0.05, 0) is 50.1 Å². The van der Waals surface area contributed by atoms with E-state index in [0.29, 0.717) is 5.56 Å². The van der Waals surface area contributed by atoms with E-state index in [-0.39, 0.29) is 11.9 Å². The summed E-state index contributed by atoms with van der Waals surface area (Å²) in [6, 6.07) is 16.0. The van der Waals surface area contributed by atoms with Crippen LogP contribution >= 0.6 is 0 Å². The molecule has 0 unspecified atom stereocenters. The van der Waals surface area contributed by atoms with Gasteiger partial charge in [-0.2, -0.15) is 5.10 Å². The Morgan fingerprint density at radius 2 is 1.87 bits per heavy atom. The highest BCUT2D eigenvalue weighted by atomic mass is 16.1. The summed E-state index contributed by atoms with van der Waals surface area (Å²) in [5, 5.41) is 11.8. The zero-order chi connectivity index (χ0) is 21.8. The quantitative estimate of drug-likeness (QED) is 0.426. The predicted molar refractivity (Wildman–Crippen MR) is 126 cm³/mol. The van der Waals surface area contributed by atoms with Crippen LogP contribution in [0.25, 0.3) is 22.0 Å². The minimum Gasteiger partial charge on any atom is -0.354 e. The number of para-hydroxylation sites is 1. The fourth-order valence-corrected chi connectivity index (χ4v) is 3.55. The largest absolute Gasteiger partial charge is 0.354 e. The summed E-state index contributed by atoms with van der Waals surface area (Å²) >= 11 is 0. The van der Waals surface area contributed by atoms with Gasteiger partial charge in [0.1, 0.15) is 0 Å². The van der Waals surface area contributed by atoms with E-state index in [1.54, 1.807) is 6.20 Å². The number of rotatable bonds is 7. The zero-order valence-electron chi connectivity index (χ0n) is 18.1. The van der Waals surface area contributed by atoms with E-state index >= 15 is 0 Å². The fourth-order valence-electron chi connectivity index (χ4n) is 3.55. The Labute approximate surface area is 182 Å². The number of hydrogen-bond donors (Lipinski definition) is 2. The first-order chi connectivity index (χ1) is 15.0. The molecule has 158 valence electrons. The zero-order valence-corrected chi connectivity index (χ0v) is 18.1. The second-order valence-corrected chi connectivity index (χ2v) is 7.89. The third kappa shape index (κ3) is 4.58. The number of amides is 1. The predicted octanol–water partition coefficient (Wildman–Crippen LogP) is 5.39. The van der Waals surface area contributed by atoms with Crippen molar-refractivity contribution in [3.05, 3.63) is 72.7 Å². The Morgan fingerprint density at radius 3 is 2.61 bits per heavy atom. The number of carbonyl (C=O) groups is 1. The lowest BCUT2D eigenvalue weighted by atomic mass is 10.0. The second-order valence-electron chi connectivity index (χ2n) is 7.89. The maximum absolute atomic E-state index is 12.9. The van der Waals surface area contributed by atoms with Gasteiger partial charge in [0.25, 0.3) is 5.91 Å². The van der Waals surface area contributed by atoms with E-state index in [2.05, 4.69) is 39.9 Å². The smallest absolute Gasteiger partial charge is 0.255 e. The molecule has 0 spiro atoms.